The lowest BCUT2D eigenvalue weighted by Gasteiger charge is -1.91. The minimum absolute atomic E-state index is 0. The molecule has 0 aromatic heterocycles. The molecule has 0 fully saturated rings. The van der Waals surface area contributed by atoms with Crippen molar-refractivity contribution in [3.63, 3.8) is 0 Å². The Morgan fingerprint density at radius 3 is 1.33 bits per heavy atom. The van der Waals surface area contributed by atoms with E-state index in [0.717, 1.165) is 6.42 Å². The van der Waals surface area contributed by atoms with Crippen LogP contribution in [0.5, 0.6) is 0 Å². The summed E-state index contributed by atoms with van der Waals surface area (Å²) in [5.41, 5.74) is 9.05. The van der Waals surface area contributed by atoms with Crippen LogP contribution in [-0.2, 0) is 0 Å². The van der Waals surface area contributed by atoms with Crippen LogP contribution in [0.25, 0.3) is 0 Å². The Morgan fingerprint density at radius 1 is 1.17 bits per heavy atom. The van der Waals surface area contributed by atoms with E-state index in [0.29, 0.717) is 12.1 Å². The third-order valence-corrected chi connectivity index (χ3v) is 1.34. The molecule has 0 radical (unpaired) electrons. The summed E-state index contributed by atoms with van der Waals surface area (Å²) in [7, 11) is 0. The van der Waals surface area contributed by atoms with Crippen molar-refractivity contribution in [2.45, 2.75) is 60.0 Å². The van der Waals surface area contributed by atoms with Gasteiger partial charge in [-0.25, -0.2) is 0 Å². The lowest BCUT2D eigenvalue weighted by atomic mass is 10.3. The second-order valence-corrected chi connectivity index (χ2v) is 2.90. The minimum Gasteiger partial charge on any atom is -0.358 e. The van der Waals surface area contributed by atoms with Crippen molar-refractivity contribution in [3.8, 4) is 0 Å². The summed E-state index contributed by atoms with van der Waals surface area (Å²) in [4.78, 5) is 0. The number of hydrogen-bond donors (Lipinski definition) is 2. The summed E-state index contributed by atoms with van der Waals surface area (Å²) in [6.07, 6.45) is 2.28. The second kappa shape index (κ2) is 17.1. The van der Waals surface area contributed by atoms with Crippen molar-refractivity contribution in [1.82, 2.24) is 0 Å². The van der Waals surface area contributed by atoms with E-state index in [2.05, 4.69) is 26.5 Å². The monoisotopic (exact) mass is 178 g/mol. The number of nitrogens with two attached hydrogens (primary N) is 1. The van der Waals surface area contributed by atoms with E-state index in [1.54, 1.807) is 0 Å². The molecule has 0 aliphatic carbocycles. The molecule has 0 saturated heterocycles. The van der Waals surface area contributed by atoms with Gasteiger partial charge >= 0.3 is 0 Å². The molecular formula is C10H30N2. The van der Waals surface area contributed by atoms with E-state index in [9.17, 15) is 0 Å². The largest absolute Gasteiger partial charge is 0.358 e. The van der Waals surface area contributed by atoms with Crippen LogP contribution >= 0.6 is 0 Å². The van der Waals surface area contributed by atoms with E-state index in [4.69, 9.17) is 5.73 Å². The molecule has 12 heavy (non-hydrogen) atoms. The van der Waals surface area contributed by atoms with Crippen LogP contribution in [0.4, 0.5) is 0 Å². The Labute approximate surface area is 79.7 Å². The summed E-state index contributed by atoms with van der Waals surface area (Å²) >= 11 is 0. The van der Waals surface area contributed by atoms with E-state index in [1.165, 1.54) is 6.42 Å². The summed E-state index contributed by atoms with van der Waals surface area (Å²) in [5.74, 6) is 0. The summed E-state index contributed by atoms with van der Waals surface area (Å²) in [6.45, 7) is 8.32. The van der Waals surface area contributed by atoms with Crippen LogP contribution in [0, 0.1) is 7.43 Å². The zero-order valence-electron chi connectivity index (χ0n) is 8.85. The molecule has 5 N–H and O–H groups in total. The predicted molar refractivity (Wildman–Crippen MR) is 59.7 cm³/mol. The second-order valence-electron chi connectivity index (χ2n) is 2.90. The molecule has 0 spiro atoms. The Bertz CT molecular complexity index is 43.8. The smallest absolute Gasteiger partial charge is 0.0812 e. The Morgan fingerprint density at radius 2 is 1.33 bits per heavy atom. The molecule has 0 aliphatic heterocycles. The molecule has 80 valence electrons. The summed E-state index contributed by atoms with van der Waals surface area (Å²) in [6, 6.07) is 1.02. The maximum atomic E-state index is 5.29. The van der Waals surface area contributed by atoms with Gasteiger partial charge in [-0.2, -0.15) is 0 Å². The maximum Gasteiger partial charge on any atom is 0.0812 e. The first-order chi connectivity index (χ1) is 4.54. The number of hydrogen-bond acceptors (Lipinski definition) is 1. The van der Waals surface area contributed by atoms with Crippen molar-refractivity contribution < 1.29 is 5.73 Å². The molecule has 2 unspecified atom stereocenters. The lowest BCUT2D eigenvalue weighted by molar-refractivity contribution is -0.414. The van der Waals surface area contributed by atoms with Gasteiger partial charge in [0.1, 0.15) is 0 Å². The predicted octanol–water partition coefficient (Wildman–Crippen LogP) is 1.86. The summed E-state index contributed by atoms with van der Waals surface area (Å²) < 4.78 is 0. The third-order valence-electron chi connectivity index (χ3n) is 1.34. The van der Waals surface area contributed by atoms with Gasteiger partial charge in [0, 0.05) is 6.04 Å². The molecule has 0 heterocycles. The third kappa shape index (κ3) is 51.4. The van der Waals surface area contributed by atoms with E-state index >= 15 is 0 Å². The van der Waals surface area contributed by atoms with E-state index in [-0.39, 0.29) is 14.9 Å². The van der Waals surface area contributed by atoms with Gasteiger partial charge in [0.15, 0.2) is 0 Å². The zero-order valence-corrected chi connectivity index (χ0v) is 8.85. The number of quaternary nitrogens is 1. The SMILES string of the molecule is C.CCC(C)N.CCC(C)[NH3+].[CH3-]. The maximum absolute atomic E-state index is 5.29. The van der Waals surface area contributed by atoms with Gasteiger partial charge in [-0.3, -0.25) is 0 Å². The van der Waals surface area contributed by atoms with Crippen molar-refractivity contribution in [3.05, 3.63) is 7.43 Å². The van der Waals surface area contributed by atoms with Crippen LogP contribution in [-0.4, -0.2) is 12.1 Å². The molecule has 0 bridgehead atoms. The summed E-state index contributed by atoms with van der Waals surface area (Å²) in [5, 5.41) is 0. The van der Waals surface area contributed by atoms with Crippen LogP contribution in [0.3, 0.4) is 0 Å². The van der Waals surface area contributed by atoms with Crippen LogP contribution in [0.2, 0.25) is 0 Å². The molecule has 0 aromatic carbocycles. The molecule has 0 saturated carbocycles. The van der Waals surface area contributed by atoms with Crippen molar-refractivity contribution in [2.75, 3.05) is 0 Å². The van der Waals surface area contributed by atoms with E-state index < -0.39 is 0 Å². The lowest BCUT2D eigenvalue weighted by Crippen LogP contribution is -2.58. The highest BCUT2D eigenvalue weighted by atomic mass is 14.6. The number of rotatable bonds is 2. The van der Waals surface area contributed by atoms with Gasteiger partial charge in [-0.1, -0.05) is 21.3 Å². The highest BCUT2D eigenvalue weighted by molar-refractivity contribution is 4.43. The first-order valence-corrected chi connectivity index (χ1v) is 4.13. The molecule has 0 amide bonds. The van der Waals surface area contributed by atoms with Gasteiger partial charge < -0.3 is 18.9 Å². The average Bonchev–Trinajstić information content (AvgIpc) is 1.89. The zero-order chi connectivity index (χ0) is 8.57. The average molecular weight is 178 g/mol. The molecule has 2 atom stereocenters. The van der Waals surface area contributed by atoms with Crippen molar-refractivity contribution in [1.29, 1.82) is 0 Å². The van der Waals surface area contributed by atoms with Crippen LogP contribution in [0.15, 0.2) is 0 Å². The van der Waals surface area contributed by atoms with Gasteiger partial charge in [0.05, 0.1) is 6.04 Å². The first kappa shape index (κ1) is 22.7. The van der Waals surface area contributed by atoms with Gasteiger partial charge in [-0.05, 0) is 26.7 Å². The van der Waals surface area contributed by atoms with Crippen molar-refractivity contribution in [2.24, 2.45) is 5.73 Å². The van der Waals surface area contributed by atoms with Gasteiger partial charge in [0.25, 0.3) is 0 Å². The molecule has 0 aliphatic rings. The molecule has 0 rings (SSSR count). The van der Waals surface area contributed by atoms with E-state index in [1.807, 2.05) is 6.92 Å². The highest BCUT2D eigenvalue weighted by Crippen LogP contribution is 1.77. The fourth-order valence-electron chi connectivity index (χ4n) is 0. The van der Waals surface area contributed by atoms with Crippen molar-refractivity contribution >= 4 is 0 Å². The molecular weight excluding hydrogens is 148 g/mol. The normalized spacial score (nSPS) is 12.5. The Kier molecular flexibility index (Phi) is 32.4. The fraction of sp³-hybridized carbons (Fsp3) is 0.900. The standard InChI is InChI=1S/2C4H11N.CH4.CH3/c2*1-3-4(2)5;;/h2*4H,3,5H2,1-2H3;1H4;1H3/q;;;-1/p+1. The quantitative estimate of drug-likeness (QED) is 0.623. The Balaban J connectivity index is -0.0000000457. The molecule has 2 nitrogen and oxygen atoms in total. The topological polar surface area (TPSA) is 53.7 Å². The van der Waals surface area contributed by atoms with Gasteiger partial charge in [-0.15, -0.1) is 0 Å². The van der Waals surface area contributed by atoms with Crippen LogP contribution < -0.4 is 11.5 Å². The first-order valence-electron chi connectivity index (χ1n) is 4.13. The highest BCUT2D eigenvalue weighted by Gasteiger charge is 1.84. The Hall–Kier alpha value is -0.0800. The molecule has 2 heteroatoms. The van der Waals surface area contributed by atoms with Gasteiger partial charge in [0.2, 0.25) is 0 Å². The fourth-order valence-corrected chi connectivity index (χ4v) is 0. The molecule has 0 aromatic rings. The minimum atomic E-state index is 0. The van der Waals surface area contributed by atoms with Crippen LogP contribution in [0.1, 0.15) is 48.0 Å².